The van der Waals surface area contributed by atoms with Crippen LogP contribution in [0, 0.1) is 10.1 Å². The minimum absolute atomic E-state index is 0.103. The van der Waals surface area contributed by atoms with E-state index < -0.39 is 45.8 Å². The SMILES string of the molecule is CCOC(=O)/C(=C\Nc1cc(C(F)(F)F)cc(C(F)(F)F)c1)[N+](=O)[O-]. The van der Waals surface area contributed by atoms with Crippen molar-refractivity contribution in [2.75, 3.05) is 11.9 Å². The molecule has 1 N–H and O–H groups in total. The molecule has 0 atom stereocenters. The molecule has 0 spiro atoms. The summed E-state index contributed by atoms with van der Waals surface area (Å²) in [6.45, 7) is 1.14. The number of nitrogens with zero attached hydrogens (tertiary/aromatic N) is 1. The molecular weight excluding hydrogens is 362 g/mol. The van der Waals surface area contributed by atoms with Gasteiger partial charge in [0.2, 0.25) is 0 Å². The minimum atomic E-state index is -5.07. The Morgan fingerprint density at radius 1 is 1.16 bits per heavy atom. The number of carbonyl (C=O) groups excluding carboxylic acids is 1. The summed E-state index contributed by atoms with van der Waals surface area (Å²) in [5.41, 5.74) is -5.16. The van der Waals surface area contributed by atoms with Crippen LogP contribution in [0.1, 0.15) is 18.1 Å². The van der Waals surface area contributed by atoms with Crippen molar-refractivity contribution in [3.05, 3.63) is 51.3 Å². The van der Waals surface area contributed by atoms with Crippen molar-refractivity contribution in [2.24, 2.45) is 0 Å². The number of hydrogen-bond acceptors (Lipinski definition) is 5. The van der Waals surface area contributed by atoms with Crippen molar-refractivity contribution in [2.45, 2.75) is 19.3 Å². The first-order valence-corrected chi connectivity index (χ1v) is 6.44. The van der Waals surface area contributed by atoms with Gasteiger partial charge in [0.05, 0.1) is 28.9 Å². The Hall–Kier alpha value is -2.79. The molecule has 0 amide bonds. The number of nitro groups is 1. The van der Waals surface area contributed by atoms with E-state index >= 15 is 0 Å². The van der Waals surface area contributed by atoms with Crippen LogP contribution < -0.4 is 5.32 Å². The molecule has 0 aliphatic carbocycles. The smallest absolute Gasteiger partial charge is 0.416 e. The minimum Gasteiger partial charge on any atom is -0.458 e. The van der Waals surface area contributed by atoms with E-state index in [1.807, 2.05) is 5.32 Å². The highest BCUT2D eigenvalue weighted by Gasteiger charge is 2.37. The summed E-state index contributed by atoms with van der Waals surface area (Å²) in [5.74, 6) is -1.40. The standard InChI is InChI=1S/C13H10F6N2O4/c1-2-25-11(22)10(21(23)24)6-20-9-4-7(12(14,15)16)3-8(5-9)13(17,18)19/h3-6,20H,2H2,1H3/b10-6+. The Morgan fingerprint density at radius 3 is 2.00 bits per heavy atom. The highest BCUT2D eigenvalue weighted by molar-refractivity contribution is 5.86. The molecule has 25 heavy (non-hydrogen) atoms. The molecule has 0 radical (unpaired) electrons. The van der Waals surface area contributed by atoms with Gasteiger partial charge >= 0.3 is 24.0 Å². The number of benzene rings is 1. The van der Waals surface area contributed by atoms with Gasteiger partial charge in [-0.15, -0.1) is 0 Å². The normalized spacial score (nSPS) is 12.7. The molecule has 0 bridgehead atoms. The lowest BCUT2D eigenvalue weighted by atomic mass is 10.1. The van der Waals surface area contributed by atoms with Crippen LogP contribution in [0.3, 0.4) is 0 Å². The van der Waals surface area contributed by atoms with E-state index in [4.69, 9.17) is 0 Å². The topological polar surface area (TPSA) is 81.5 Å². The lowest BCUT2D eigenvalue weighted by Crippen LogP contribution is -2.16. The van der Waals surface area contributed by atoms with Gasteiger partial charge in [-0.1, -0.05) is 0 Å². The second-order valence-corrected chi connectivity index (χ2v) is 4.45. The molecule has 1 rings (SSSR count). The van der Waals surface area contributed by atoms with E-state index in [-0.39, 0.29) is 12.7 Å². The van der Waals surface area contributed by atoms with E-state index in [0.29, 0.717) is 18.3 Å². The van der Waals surface area contributed by atoms with Crippen LogP contribution >= 0.6 is 0 Å². The number of esters is 1. The van der Waals surface area contributed by atoms with Gasteiger partial charge in [-0.2, -0.15) is 26.3 Å². The molecule has 0 heterocycles. The molecule has 0 unspecified atom stereocenters. The monoisotopic (exact) mass is 372 g/mol. The molecule has 12 heteroatoms. The molecular formula is C13H10F6N2O4. The lowest BCUT2D eigenvalue weighted by Gasteiger charge is -2.14. The van der Waals surface area contributed by atoms with Gasteiger partial charge in [-0.3, -0.25) is 10.1 Å². The Morgan fingerprint density at radius 2 is 1.64 bits per heavy atom. The number of rotatable bonds is 5. The first kappa shape index (κ1) is 20.3. The summed E-state index contributed by atoms with van der Waals surface area (Å²) >= 11 is 0. The number of carbonyl (C=O) groups is 1. The fourth-order valence-corrected chi connectivity index (χ4v) is 1.58. The molecule has 138 valence electrons. The highest BCUT2D eigenvalue weighted by Crippen LogP contribution is 2.37. The summed E-state index contributed by atoms with van der Waals surface area (Å²) in [4.78, 5) is 20.9. The number of anilines is 1. The van der Waals surface area contributed by atoms with Gasteiger partial charge in [0.1, 0.15) is 0 Å². The average Bonchev–Trinajstić information content (AvgIpc) is 2.45. The first-order valence-electron chi connectivity index (χ1n) is 6.44. The molecule has 1 aromatic carbocycles. The number of nitrogens with one attached hydrogen (secondary N) is 1. The van der Waals surface area contributed by atoms with Gasteiger partial charge in [-0.25, -0.2) is 4.79 Å². The van der Waals surface area contributed by atoms with E-state index in [1.165, 1.54) is 6.92 Å². The average molecular weight is 372 g/mol. The van der Waals surface area contributed by atoms with Crippen LogP contribution in [0.5, 0.6) is 0 Å². The maximum absolute atomic E-state index is 12.7. The Kier molecular flexibility index (Phi) is 6.00. The number of alkyl halides is 6. The molecule has 6 nitrogen and oxygen atoms in total. The Bertz CT molecular complexity index is 664. The van der Waals surface area contributed by atoms with Crippen molar-refractivity contribution >= 4 is 11.7 Å². The predicted octanol–water partition coefficient (Wildman–Crippen LogP) is 3.82. The third-order valence-corrected chi connectivity index (χ3v) is 2.64. The second-order valence-electron chi connectivity index (χ2n) is 4.45. The van der Waals surface area contributed by atoms with Gasteiger partial charge in [0.25, 0.3) is 0 Å². The van der Waals surface area contributed by atoms with Gasteiger partial charge in [-0.05, 0) is 25.1 Å². The number of hydrogen-bond donors (Lipinski definition) is 1. The second kappa shape index (κ2) is 7.40. The molecule has 0 aliphatic heterocycles. The maximum Gasteiger partial charge on any atom is 0.416 e. The largest absolute Gasteiger partial charge is 0.458 e. The fraction of sp³-hybridized carbons (Fsp3) is 0.308. The van der Waals surface area contributed by atoms with Gasteiger partial charge < -0.3 is 10.1 Å². The summed E-state index contributed by atoms with van der Waals surface area (Å²) < 4.78 is 80.6. The molecule has 0 saturated carbocycles. The maximum atomic E-state index is 12.7. The molecule has 0 aromatic heterocycles. The van der Waals surface area contributed by atoms with Crippen molar-refractivity contribution in [3.8, 4) is 0 Å². The zero-order valence-corrected chi connectivity index (χ0v) is 12.4. The molecule has 1 aromatic rings. The van der Waals surface area contributed by atoms with Crippen LogP contribution in [-0.4, -0.2) is 17.5 Å². The third kappa shape index (κ3) is 5.65. The number of halogens is 6. The zero-order chi connectivity index (χ0) is 19.4. The molecule has 0 fully saturated rings. The highest BCUT2D eigenvalue weighted by atomic mass is 19.4. The van der Waals surface area contributed by atoms with Crippen LogP contribution in [0.15, 0.2) is 30.1 Å². The van der Waals surface area contributed by atoms with Gasteiger partial charge in [0.15, 0.2) is 0 Å². The summed E-state index contributed by atoms with van der Waals surface area (Å²) in [5, 5.41) is 12.6. The zero-order valence-electron chi connectivity index (χ0n) is 12.4. The Balaban J connectivity index is 3.30. The van der Waals surface area contributed by atoms with Crippen molar-refractivity contribution in [1.82, 2.24) is 0 Å². The molecule has 0 aliphatic rings. The molecule has 0 saturated heterocycles. The van der Waals surface area contributed by atoms with Crippen LogP contribution in [0.2, 0.25) is 0 Å². The van der Waals surface area contributed by atoms with E-state index in [9.17, 15) is 41.3 Å². The van der Waals surface area contributed by atoms with E-state index in [0.717, 1.165) is 0 Å². The summed E-state index contributed by atoms with van der Waals surface area (Å²) in [6, 6.07) is 0.525. The quantitative estimate of drug-likeness (QED) is 0.279. The lowest BCUT2D eigenvalue weighted by molar-refractivity contribution is -0.421. The van der Waals surface area contributed by atoms with Crippen LogP contribution in [-0.2, 0) is 21.9 Å². The third-order valence-electron chi connectivity index (χ3n) is 2.64. The summed E-state index contributed by atoms with van der Waals surface area (Å²) in [6.07, 6.45) is -9.80. The van der Waals surface area contributed by atoms with Gasteiger partial charge in [0, 0.05) is 5.69 Å². The van der Waals surface area contributed by atoms with Crippen LogP contribution in [0.4, 0.5) is 32.0 Å². The fourth-order valence-electron chi connectivity index (χ4n) is 1.58. The summed E-state index contributed by atoms with van der Waals surface area (Å²) in [7, 11) is 0. The Labute approximate surface area is 136 Å². The van der Waals surface area contributed by atoms with Crippen molar-refractivity contribution < 1.29 is 40.8 Å². The first-order chi connectivity index (χ1) is 11.4. The number of ether oxygens (including phenoxy) is 1. The predicted molar refractivity (Wildman–Crippen MR) is 71.8 cm³/mol. The van der Waals surface area contributed by atoms with Crippen LogP contribution in [0.25, 0.3) is 0 Å². The van der Waals surface area contributed by atoms with Crippen molar-refractivity contribution in [3.63, 3.8) is 0 Å². The van der Waals surface area contributed by atoms with E-state index in [2.05, 4.69) is 4.74 Å². The van der Waals surface area contributed by atoms with Crippen molar-refractivity contribution in [1.29, 1.82) is 0 Å². The van der Waals surface area contributed by atoms with E-state index in [1.54, 1.807) is 0 Å².